The molecule has 2 unspecified atom stereocenters. The van der Waals surface area contributed by atoms with Gasteiger partial charge in [0.25, 0.3) is 0 Å². The van der Waals surface area contributed by atoms with Crippen LogP contribution in [0.2, 0.25) is 0 Å². The predicted molar refractivity (Wildman–Crippen MR) is 166 cm³/mol. The summed E-state index contributed by atoms with van der Waals surface area (Å²) < 4.78 is 72.1. The normalized spacial score (nSPS) is 34.9. The first-order valence-corrected chi connectivity index (χ1v) is 19.2. The minimum Gasteiger partial charge on any atom is -0.465 e. The number of hydrogen-bond acceptors (Lipinski definition) is 15. The fourth-order valence-corrected chi connectivity index (χ4v) is 8.44. The number of thiol groups is 1. The lowest BCUT2D eigenvalue weighted by atomic mass is 10.1. The van der Waals surface area contributed by atoms with Gasteiger partial charge in [0, 0.05) is 0 Å². The number of aromatic nitrogens is 7. The number of alkyl halides is 1. The van der Waals surface area contributed by atoms with Crippen LogP contribution in [0.25, 0.3) is 22.2 Å². The number of rotatable bonds is 3. The third-order valence-corrected chi connectivity index (χ3v) is 11.0. The average molecular weight is 730 g/mol. The number of nitrogens with zero attached hydrogens (tertiary/aromatic N) is 7. The summed E-state index contributed by atoms with van der Waals surface area (Å²) in [6, 6.07) is 4.74. The van der Waals surface area contributed by atoms with Gasteiger partial charge in [0.1, 0.15) is 41.8 Å². The number of benzene rings is 1. The zero-order valence-corrected chi connectivity index (χ0v) is 27.9. The van der Waals surface area contributed by atoms with E-state index in [1.165, 1.54) is 35.1 Å². The van der Waals surface area contributed by atoms with Crippen LogP contribution in [0, 0.1) is 6.92 Å². The van der Waals surface area contributed by atoms with Crippen molar-refractivity contribution in [3.05, 3.63) is 54.3 Å². The number of fused-ring (bicyclic) bond motifs is 5. The van der Waals surface area contributed by atoms with Gasteiger partial charge in [-0.1, -0.05) is 30.1 Å². The molecule has 3 saturated heterocycles. The van der Waals surface area contributed by atoms with Crippen molar-refractivity contribution in [3.8, 4) is 0 Å². The summed E-state index contributed by atoms with van der Waals surface area (Å²) >= 11 is 9.42. The molecule has 3 aromatic heterocycles. The van der Waals surface area contributed by atoms with Crippen molar-refractivity contribution in [2.24, 2.45) is 0 Å². The molecule has 1 aromatic carbocycles. The maximum Gasteiger partial charge on any atom is 0.386 e. The van der Waals surface area contributed by atoms with Crippen molar-refractivity contribution in [2.45, 2.75) is 50.0 Å². The largest absolute Gasteiger partial charge is 0.465 e. The van der Waals surface area contributed by atoms with Gasteiger partial charge in [0.15, 0.2) is 24.3 Å². The molecular weight excluding hydrogens is 703 g/mol. The van der Waals surface area contributed by atoms with Gasteiger partial charge in [-0.05, 0) is 36.4 Å². The van der Waals surface area contributed by atoms with E-state index in [1.807, 2.05) is 0 Å². The number of hydrogen-bond donors (Lipinski definition) is 2. The lowest BCUT2D eigenvalue weighted by Crippen LogP contribution is -2.34. The van der Waals surface area contributed by atoms with E-state index in [1.54, 1.807) is 19.1 Å². The highest BCUT2D eigenvalue weighted by Gasteiger charge is 2.52. The van der Waals surface area contributed by atoms with Crippen LogP contribution < -0.4 is 0 Å². The number of aryl methyl sites for hydroxylation is 1. The molecule has 3 aliphatic heterocycles. The highest BCUT2D eigenvalue weighted by Crippen LogP contribution is 2.59. The zero-order chi connectivity index (χ0) is 33.2. The lowest BCUT2D eigenvalue weighted by Gasteiger charge is -2.26. The first-order chi connectivity index (χ1) is 22.4. The maximum atomic E-state index is 16.1. The van der Waals surface area contributed by atoms with Gasteiger partial charge in [-0.15, -0.1) is 5.10 Å². The highest BCUT2D eigenvalue weighted by molar-refractivity contribution is 8.44. The Hall–Kier alpha value is -2.74. The van der Waals surface area contributed by atoms with Crippen molar-refractivity contribution in [1.82, 2.24) is 34.5 Å². The minimum absolute atomic E-state index is 0.149. The molecule has 3 aliphatic rings. The number of halogens is 1. The summed E-state index contributed by atoms with van der Waals surface area (Å²) in [4.78, 5) is 35.9. The Morgan fingerprint density at radius 2 is 1.98 bits per heavy atom. The molecule has 17 nitrogen and oxygen atoms in total. The maximum absolute atomic E-state index is 16.1. The van der Waals surface area contributed by atoms with Gasteiger partial charge in [0.05, 0.1) is 43.4 Å². The van der Waals surface area contributed by atoms with Gasteiger partial charge in [-0.3, -0.25) is 18.1 Å². The van der Waals surface area contributed by atoms with Gasteiger partial charge in [-0.25, -0.2) is 33.4 Å². The summed E-state index contributed by atoms with van der Waals surface area (Å²) in [5, 5.41) is 8.26. The Labute approximate surface area is 275 Å². The molecule has 0 radical (unpaired) electrons. The second kappa shape index (κ2) is 12.3. The van der Waals surface area contributed by atoms with Crippen LogP contribution in [0.5, 0.6) is 0 Å². The monoisotopic (exact) mass is 729 g/mol. The van der Waals surface area contributed by atoms with Crippen molar-refractivity contribution < 1.29 is 50.9 Å². The van der Waals surface area contributed by atoms with Crippen LogP contribution >= 0.6 is 25.8 Å². The van der Waals surface area contributed by atoms with Gasteiger partial charge >= 0.3 is 19.5 Å². The molecule has 6 heterocycles. The first-order valence-electron chi connectivity index (χ1n) is 13.9. The minimum atomic E-state index is -4.29. The van der Waals surface area contributed by atoms with E-state index in [0.29, 0.717) is 22.4 Å². The van der Waals surface area contributed by atoms with Crippen LogP contribution in [0.4, 0.5) is 4.39 Å². The first kappa shape index (κ1) is 32.8. The van der Waals surface area contributed by atoms with Gasteiger partial charge < -0.3 is 23.6 Å². The molecular formula is C25H26FN7O10P2S2. The van der Waals surface area contributed by atoms with Crippen LogP contribution in [0.1, 0.15) is 28.5 Å². The Morgan fingerprint density at radius 3 is 2.77 bits per heavy atom. The van der Waals surface area contributed by atoms with E-state index in [4.69, 9.17) is 44.1 Å². The smallest absolute Gasteiger partial charge is 0.386 e. The molecule has 2 bridgehead atoms. The molecule has 7 rings (SSSR count). The number of esters is 1. The fourth-order valence-electron chi connectivity index (χ4n) is 5.59. The number of methoxy groups -OCH3 is 1. The summed E-state index contributed by atoms with van der Waals surface area (Å²) in [5.41, 5.74) is 2.20. The average Bonchev–Trinajstić information content (AvgIpc) is 3.80. The number of imidazole rings is 1. The van der Waals surface area contributed by atoms with Crippen LogP contribution in [0.15, 0.2) is 43.0 Å². The van der Waals surface area contributed by atoms with Crippen molar-refractivity contribution in [2.75, 3.05) is 20.3 Å². The van der Waals surface area contributed by atoms with E-state index in [2.05, 4.69) is 44.1 Å². The molecule has 1 N–H and O–H groups in total. The van der Waals surface area contributed by atoms with Gasteiger partial charge in [-0.2, -0.15) is 0 Å². The molecule has 22 heteroatoms. The molecule has 0 spiro atoms. The van der Waals surface area contributed by atoms with Crippen molar-refractivity contribution in [3.63, 3.8) is 0 Å². The second-order valence-electron chi connectivity index (χ2n) is 10.7. The molecule has 3 fully saturated rings. The van der Waals surface area contributed by atoms with E-state index in [9.17, 15) is 14.3 Å². The van der Waals surface area contributed by atoms with Crippen molar-refractivity contribution >= 4 is 65.7 Å². The lowest BCUT2D eigenvalue weighted by molar-refractivity contribution is -0.0612. The molecule has 0 saturated carbocycles. The van der Waals surface area contributed by atoms with E-state index < -0.39 is 75.7 Å². The van der Waals surface area contributed by atoms with Crippen molar-refractivity contribution in [1.29, 1.82) is 0 Å². The predicted octanol–water partition coefficient (Wildman–Crippen LogP) is 3.13. The Kier molecular flexibility index (Phi) is 8.58. The number of carbonyl (C=O) groups is 1. The van der Waals surface area contributed by atoms with Crippen LogP contribution in [-0.4, -0.2) is 96.3 Å². The third kappa shape index (κ3) is 5.95. The Morgan fingerprint density at radius 1 is 1.17 bits per heavy atom. The number of carbonyl (C=O) groups excluding carboxylic acids is 1. The summed E-state index contributed by atoms with van der Waals surface area (Å²) in [6.45, 7) is -3.71. The Bertz CT molecular complexity index is 2000. The quantitative estimate of drug-likeness (QED) is 0.135. The molecule has 47 heavy (non-hydrogen) atoms. The number of ether oxygens (including phenoxy) is 3. The van der Waals surface area contributed by atoms with E-state index in [0.717, 1.165) is 0 Å². The van der Waals surface area contributed by atoms with Gasteiger partial charge in [0.2, 0.25) is 0 Å². The Balaban J connectivity index is 1.20. The third-order valence-electron chi connectivity index (χ3n) is 7.87. The van der Waals surface area contributed by atoms with E-state index in [-0.39, 0.29) is 16.7 Å². The molecule has 0 amide bonds. The molecule has 4 aromatic rings. The zero-order valence-electron chi connectivity index (χ0n) is 24.4. The molecule has 250 valence electrons. The van der Waals surface area contributed by atoms with Crippen LogP contribution in [-0.2, 0) is 48.7 Å². The van der Waals surface area contributed by atoms with E-state index >= 15 is 4.39 Å². The summed E-state index contributed by atoms with van der Waals surface area (Å²) in [7, 11) is 1.23. The SMILES string of the molecule is C=C1[C@H]2OP(=O)(S)OC[C@H]3O[C@@H](n4cnc5c(C)ncnc54)[C@H](F)[C@@H]3OP(O)(=S)OC[C@H]1O[C@H]2n1nnc2c(C(=O)OC)cccc21. The highest BCUT2D eigenvalue weighted by atomic mass is 32.7. The fraction of sp³-hybridized carbons (Fsp3) is 0.440. The van der Waals surface area contributed by atoms with Crippen LogP contribution in [0.3, 0.4) is 0 Å². The molecule has 9 atom stereocenters. The summed E-state index contributed by atoms with van der Waals surface area (Å²) in [6.07, 6.45) is -6.89. The second-order valence-corrected chi connectivity index (χ2v) is 16.4. The molecule has 0 aliphatic carbocycles. The standard InChI is InChI=1S/C25H26FN7O10P2S2/c1-11-15-7-38-45(36,47)43-21-16(41-23(17(21)26)32-10-29-18-12(2)27-9-28-22(18)32)8-39-44(35,46)42-20(11)24(40-15)33-14-6-4-5-13(25(34)37-3)19(14)30-31-33/h4-6,9-10,15-17,20-21,23-24H,1,7-8H2,2-3H3,(H,35,46)(H,36,47)/t15-,16-,17-,20-,21-,23-,24-,44?,45?/m1/s1. The summed E-state index contributed by atoms with van der Waals surface area (Å²) in [5.74, 6) is -0.635. The topological polar surface area (TPSA) is 193 Å².